The van der Waals surface area contributed by atoms with Crippen molar-refractivity contribution >= 4 is 46.2 Å². The third kappa shape index (κ3) is 5.03. The number of anilines is 2. The van der Waals surface area contributed by atoms with Crippen molar-refractivity contribution in [2.45, 2.75) is 25.9 Å². The van der Waals surface area contributed by atoms with Crippen molar-refractivity contribution in [3.05, 3.63) is 107 Å². The number of thiocarbonyl (C=S) groups is 1. The summed E-state index contributed by atoms with van der Waals surface area (Å²) in [5, 5.41) is 7.74. The first-order valence-electron chi connectivity index (χ1n) is 12.2. The van der Waals surface area contributed by atoms with Gasteiger partial charge in [-0.3, -0.25) is 9.78 Å². The van der Waals surface area contributed by atoms with Crippen molar-refractivity contribution in [1.82, 2.24) is 14.9 Å². The van der Waals surface area contributed by atoms with Crippen molar-refractivity contribution in [3.63, 3.8) is 0 Å². The number of nitrogens with zero attached hydrogens (tertiary/aromatic N) is 3. The first-order valence-corrected chi connectivity index (χ1v) is 13.0. The predicted octanol–water partition coefficient (Wildman–Crippen LogP) is 5.90. The molecule has 0 radical (unpaired) electrons. The molecule has 0 bridgehead atoms. The number of carbonyl (C=O) groups is 1. The highest BCUT2D eigenvalue weighted by atomic mass is 35.5. The summed E-state index contributed by atoms with van der Waals surface area (Å²) in [6, 6.07) is 21.6. The minimum Gasteiger partial charge on any atom is -0.375 e. The van der Waals surface area contributed by atoms with E-state index in [1.165, 1.54) is 7.11 Å². The van der Waals surface area contributed by atoms with Gasteiger partial charge in [-0.05, 0) is 97.9 Å². The first kappa shape index (κ1) is 25.9. The summed E-state index contributed by atoms with van der Waals surface area (Å²) in [5.41, 5.74) is 6.51. The van der Waals surface area contributed by atoms with Gasteiger partial charge in [-0.15, -0.1) is 0 Å². The molecule has 5 rings (SSSR count). The summed E-state index contributed by atoms with van der Waals surface area (Å²) >= 11 is 12.2. The number of halogens is 1. The highest BCUT2D eigenvalue weighted by Crippen LogP contribution is 2.43. The topological polar surface area (TPSA) is 71.4 Å². The Morgan fingerprint density at radius 1 is 1.08 bits per heavy atom. The van der Waals surface area contributed by atoms with E-state index in [0.717, 1.165) is 44.6 Å². The summed E-state index contributed by atoms with van der Waals surface area (Å²) in [6.45, 7) is 3.96. The Bertz CT molecular complexity index is 1490. The zero-order valence-electron chi connectivity index (χ0n) is 21.3. The molecule has 194 valence electrons. The maximum Gasteiger partial charge on any atom is 0.250 e. The molecule has 4 aromatic rings. The maximum atomic E-state index is 12.1. The summed E-state index contributed by atoms with van der Waals surface area (Å²) in [6.07, 6.45) is 3.84. The van der Waals surface area contributed by atoms with Crippen LogP contribution in [-0.2, 0) is 9.53 Å². The van der Waals surface area contributed by atoms with Crippen LogP contribution in [-0.4, -0.2) is 34.3 Å². The van der Waals surface area contributed by atoms with E-state index in [1.807, 2.05) is 74.6 Å². The number of aromatic nitrogens is 2. The molecule has 2 aromatic carbocycles. The quantitative estimate of drug-likeness (QED) is 0.282. The van der Waals surface area contributed by atoms with Crippen LogP contribution in [0.25, 0.3) is 5.69 Å². The maximum absolute atomic E-state index is 12.1. The highest BCUT2D eigenvalue weighted by Gasteiger charge is 2.42. The third-order valence-electron chi connectivity index (χ3n) is 6.64. The van der Waals surface area contributed by atoms with Crippen LogP contribution >= 0.6 is 23.8 Å². The van der Waals surface area contributed by atoms with Crippen molar-refractivity contribution < 1.29 is 9.53 Å². The Morgan fingerprint density at radius 3 is 2.58 bits per heavy atom. The SMILES string of the molecule is COCC(=O)Nc1ccc(N2C(=S)NC(c3ccccn3)C2c2cccn2-c2ccc(Cl)c(C)c2)cc1C. The minimum atomic E-state index is -0.203. The number of nitrogens with one attached hydrogen (secondary N) is 2. The van der Waals surface area contributed by atoms with E-state index in [0.29, 0.717) is 5.11 Å². The summed E-state index contributed by atoms with van der Waals surface area (Å²) in [7, 11) is 1.50. The van der Waals surface area contributed by atoms with Crippen LogP contribution in [0.2, 0.25) is 5.02 Å². The second-order valence-corrected chi connectivity index (χ2v) is 10.0. The van der Waals surface area contributed by atoms with Crippen LogP contribution in [0, 0.1) is 13.8 Å². The predicted molar refractivity (Wildman–Crippen MR) is 155 cm³/mol. The molecule has 1 saturated heterocycles. The molecule has 38 heavy (non-hydrogen) atoms. The number of amides is 1. The van der Waals surface area contributed by atoms with Gasteiger partial charge >= 0.3 is 0 Å². The van der Waals surface area contributed by atoms with Gasteiger partial charge in [0, 0.05) is 47.3 Å². The van der Waals surface area contributed by atoms with E-state index in [4.69, 9.17) is 28.6 Å². The van der Waals surface area contributed by atoms with E-state index < -0.39 is 0 Å². The highest BCUT2D eigenvalue weighted by molar-refractivity contribution is 7.80. The molecule has 2 atom stereocenters. The molecule has 0 saturated carbocycles. The van der Waals surface area contributed by atoms with Gasteiger partial charge in [0.15, 0.2) is 5.11 Å². The van der Waals surface area contributed by atoms with E-state index >= 15 is 0 Å². The zero-order chi connectivity index (χ0) is 26.8. The molecular weight excluding hydrogens is 518 g/mol. The molecule has 1 fully saturated rings. The van der Waals surface area contributed by atoms with Crippen LogP contribution in [0.5, 0.6) is 0 Å². The van der Waals surface area contributed by atoms with Gasteiger partial charge in [-0.1, -0.05) is 17.7 Å². The van der Waals surface area contributed by atoms with Crippen LogP contribution in [0.3, 0.4) is 0 Å². The third-order valence-corrected chi connectivity index (χ3v) is 7.38. The Morgan fingerprint density at radius 2 is 1.87 bits per heavy atom. The second-order valence-electron chi connectivity index (χ2n) is 9.21. The van der Waals surface area contributed by atoms with E-state index in [1.54, 1.807) is 6.20 Å². The lowest BCUT2D eigenvalue weighted by atomic mass is 10.00. The molecule has 2 aromatic heterocycles. The van der Waals surface area contributed by atoms with Crippen LogP contribution in [0.1, 0.15) is 34.6 Å². The number of ether oxygens (including phenoxy) is 1. The standard InChI is InChI=1S/C29H28ClN5O2S/c1-18-15-20(9-11-22(18)30)34-14-6-8-25(34)28-27(24-7-4-5-13-31-24)33-29(38)35(28)21-10-12-23(19(2)16-21)32-26(36)17-37-3/h4-16,27-28H,17H2,1-3H3,(H,32,36)(H,33,38). The number of aryl methyl sites for hydroxylation is 2. The number of benzene rings is 2. The molecule has 3 heterocycles. The monoisotopic (exact) mass is 545 g/mol. The lowest BCUT2D eigenvalue weighted by Crippen LogP contribution is -2.30. The van der Waals surface area contributed by atoms with E-state index in [9.17, 15) is 4.79 Å². The Hall–Kier alpha value is -3.72. The number of rotatable bonds is 7. The molecule has 9 heteroatoms. The molecule has 2 N–H and O–H groups in total. The number of methoxy groups -OCH3 is 1. The van der Waals surface area contributed by atoms with Crippen LogP contribution < -0.4 is 15.5 Å². The number of hydrogen-bond donors (Lipinski definition) is 2. The first-order chi connectivity index (χ1) is 18.4. The van der Waals surface area contributed by atoms with Crippen LogP contribution in [0.4, 0.5) is 11.4 Å². The second kappa shape index (κ2) is 10.9. The van der Waals surface area contributed by atoms with Gasteiger partial charge < -0.3 is 24.8 Å². The molecule has 1 amide bonds. The van der Waals surface area contributed by atoms with Gasteiger partial charge in [0.2, 0.25) is 5.91 Å². The van der Waals surface area contributed by atoms with Gasteiger partial charge in [-0.25, -0.2) is 0 Å². The summed E-state index contributed by atoms with van der Waals surface area (Å²) in [4.78, 5) is 18.9. The zero-order valence-corrected chi connectivity index (χ0v) is 22.9. The largest absolute Gasteiger partial charge is 0.375 e. The molecule has 2 unspecified atom stereocenters. The fourth-order valence-corrected chi connectivity index (χ4v) is 5.30. The number of carbonyl (C=O) groups excluding carboxylic acids is 1. The average Bonchev–Trinajstić information content (AvgIpc) is 3.52. The Balaban J connectivity index is 1.59. The fraction of sp³-hybridized carbons (Fsp3) is 0.207. The van der Waals surface area contributed by atoms with Gasteiger partial charge in [0.25, 0.3) is 0 Å². The van der Waals surface area contributed by atoms with Crippen molar-refractivity contribution in [2.75, 3.05) is 23.9 Å². The average molecular weight is 546 g/mol. The smallest absolute Gasteiger partial charge is 0.250 e. The molecular formula is C29H28ClN5O2S. The molecule has 7 nitrogen and oxygen atoms in total. The molecule has 0 aliphatic carbocycles. The fourth-order valence-electron chi connectivity index (χ4n) is 4.84. The van der Waals surface area contributed by atoms with Crippen molar-refractivity contribution in [1.29, 1.82) is 0 Å². The van der Waals surface area contributed by atoms with E-state index in [-0.39, 0.29) is 24.6 Å². The summed E-state index contributed by atoms with van der Waals surface area (Å²) in [5.74, 6) is -0.203. The Labute approximate surface area is 232 Å². The summed E-state index contributed by atoms with van der Waals surface area (Å²) < 4.78 is 7.11. The number of pyridine rings is 1. The Kier molecular flexibility index (Phi) is 7.46. The van der Waals surface area contributed by atoms with Gasteiger partial charge in [0.05, 0.1) is 11.7 Å². The van der Waals surface area contributed by atoms with Gasteiger partial charge in [0.1, 0.15) is 12.6 Å². The molecule has 0 spiro atoms. The lowest BCUT2D eigenvalue weighted by Gasteiger charge is -2.29. The van der Waals surface area contributed by atoms with Crippen molar-refractivity contribution in [3.8, 4) is 5.69 Å². The molecule has 1 aliphatic rings. The van der Waals surface area contributed by atoms with Crippen LogP contribution in [0.15, 0.2) is 79.1 Å². The minimum absolute atomic E-state index is 0.00366. The normalized spacial score (nSPS) is 16.9. The van der Waals surface area contributed by atoms with Crippen molar-refractivity contribution in [2.24, 2.45) is 0 Å². The number of hydrogen-bond acceptors (Lipinski definition) is 4. The van der Waals surface area contributed by atoms with E-state index in [2.05, 4.69) is 37.2 Å². The lowest BCUT2D eigenvalue weighted by molar-refractivity contribution is -0.119. The van der Waals surface area contributed by atoms with Gasteiger partial charge in [-0.2, -0.15) is 0 Å². The molecule has 1 aliphatic heterocycles.